The summed E-state index contributed by atoms with van der Waals surface area (Å²) >= 11 is 1.93. The monoisotopic (exact) mass is 801 g/mol. The van der Waals surface area contributed by atoms with Crippen LogP contribution in [0.2, 0.25) is 0 Å². The van der Waals surface area contributed by atoms with Gasteiger partial charge in [-0.05, 0) is 108 Å². The predicted molar refractivity (Wildman–Crippen MR) is 257 cm³/mol. The number of nitrogens with zero attached hydrogens (tertiary/aromatic N) is 1. The number of fused-ring (bicyclic) bond motifs is 5. The first kappa shape index (κ1) is 36.4. The smallest absolute Gasteiger partial charge is 0.181 e. The highest BCUT2D eigenvalue weighted by atomic mass is 32.2. The van der Waals surface area contributed by atoms with Crippen molar-refractivity contribution < 1.29 is 0 Å². The topological polar surface area (TPSA) is 3.24 Å². The minimum atomic E-state index is -2.66. The van der Waals surface area contributed by atoms with Gasteiger partial charge in [0.05, 0.1) is 0 Å². The molecule has 0 bridgehead atoms. The zero-order chi connectivity index (χ0) is 40.3. The molecule has 1 aliphatic heterocycles. The van der Waals surface area contributed by atoms with E-state index in [0.29, 0.717) is 0 Å². The van der Waals surface area contributed by atoms with Crippen molar-refractivity contribution in [2.45, 2.75) is 29.1 Å². The Hall–Kier alpha value is -6.65. The van der Waals surface area contributed by atoms with Crippen LogP contribution in [-0.4, -0.2) is 8.07 Å². The molecule has 0 unspecified atom stereocenters. The summed E-state index contributed by atoms with van der Waals surface area (Å²) in [5.41, 5.74) is 13.6. The van der Waals surface area contributed by atoms with Crippen LogP contribution < -0.4 is 25.6 Å². The zero-order valence-corrected chi connectivity index (χ0v) is 35.5. The molecule has 2 aliphatic rings. The lowest BCUT2D eigenvalue weighted by atomic mass is 9.82. The molecule has 286 valence electrons. The van der Waals surface area contributed by atoms with E-state index in [1.165, 1.54) is 75.0 Å². The second-order valence-electron chi connectivity index (χ2n) is 16.5. The van der Waals surface area contributed by atoms with Gasteiger partial charge in [0, 0.05) is 32.3 Å². The number of benzene rings is 9. The summed E-state index contributed by atoms with van der Waals surface area (Å²) in [7, 11) is -2.66. The molecule has 0 spiro atoms. The molecule has 0 aromatic heterocycles. The van der Waals surface area contributed by atoms with Gasteiger partial charge in [-0.1, -0.05) is 208 Å². The normalized spacial score (nSPS) is 14.0. The van der Waals surface area contributed by atoms with Crippen LogP contribution in [0.1, 0.15) is 25.0 Å². The molecule has 0 amide bonds. The SMILES string of the molecule is CC1(C)c2ccccc2-c2ccc(N(c3ccc(-c4ccccc4)cc3)c3ccc(-c4cccc5c4Sc4ccccc4[Si]5(c4ccccc4)c4ccccc4)cc3)cc21. The van der Waals surface area contributed by atoms with Crippen molar-refractivity contribution in [2.75, 3.05) is 4.90 Å². The first-order valence-electron chi connectivity index (χ1n) is 20.8. The maximum atomic E-state index is 2.42. The average Bonchev–Trinajstić information content (AvgIpc) is 3.54. The molecule has 1 nitrogen and oxygen atoms in total. The Bertz CT molecular complexity index is 2970. The second kappa shape index (κ2) is 14.6. The summed E-state index contributed by atoms with van der Waals surface area (Å²) < 4.78 is 0. The van der Waals surface area contributed by atoms with Crippen LogP contribution in [0.25, 0.3) is 33.4 Å². The fraction of sp³-hybridized carbons (Fsp3) is 0.0526. The Balaban J connectivity index is 1.05. The molecule has 60 heavy (non-hydrogen) atoms. The van der Waals surface area contributed by atoms with Gasteiger partial charge in [0.1, 0.15) is 0 Å². The van der Waals surface area contributed by atoms with Crippen molar-refractivity contribution in [1.82, 2.24) is 0 Å². The van der Waals surface area contributed by atoms with E-state index in [2.05, 4.69) is 243 Å². The van der Waals surface area contributed by atoms with Gasteiger partial charge in [0.2, 0.25) is 0 Å². The largest absolute Gasteiger partial charge is 0.310 e. The van der Waals surface area contributed by atoms with Gasteiger partial charge in [-0.3, -0.25) is 0 Å². The number of hydrogen-bond acceptors (Lipinski definition) is 2. The molecule has 3 heteroatoms. The highest BCUT2D eigenvalue weighted by molar-refractivity contribution is 8.00. The van der Waals surface area contributed by atoms with Gasteiger partial charge in [0.25, 0.3) is 0 Å². The van der Waals surface area contributed by atoms with Gasteiger partial charge in [-0.2, -0.15) is 0 Å². The van der Waals surface area contributed by atoms with Crippen molar-refractivity contribution >= 4 is 57.6 Å². The quantitative estimate of drug-likeness (QED) is 0.148. The van der Waals surface area contributed by atoms with Gasteiger partial charge in [0.15, 0.2) is 8.07 Å². The fourth-order valence-electron chi connectivity index (χ4n) is 9.96. The van der Waals surface area contributed by atoms with E-state index in [1.807, 2.05) is 11.8 Å². The molecule has 0 saturated heterocycles. The zero-order valence-electron chi connectivity index (χ0n) is 33.7. The third-order valence-corrected chi connectivity index (χ3v) is 19.3. The molecular formula is C57H43NSSi. The lowest BCUT2D eigenvalue weighted by Crippen LogP contribution is -2.76. The molecule has 11 rings (SSSR count). The highest BCUT2D eigenvalue weighted by Gasteiger charge is 2.47. The van der Waals surface area contributed by atoms with Gasteiger partial charge in [-0.25, -0.2) is 0 Å². The summed E-state index contributed by atoms with van der Waals surface area (Å²) in [5, 5.41) is 5.73. The van der Waals surface area contributed by atoms with Gasteiger partial charge < -0.3 is 4.90 Å². The maximum Gasteiger partial charge on any atom is 0.181 e. The number of anilines is 3. The Morgan fingerprint density at radius 2 is 0.883 bits per heavy atom. The maximum absolute atomic E-state index is 2.66. The van der Waals surface area contributed by atoms with Crippen LogP contribution in [0.15, 0.2) is 234 Å². The fourth-order valence-corrected chi connectivity index (χ4v) is 17.1. The van der Waals surface area contributed by atoms with E-state index in [4.69, 9.17) is 0 Å². The highest BCUT2D eigenvalue weighted by Crippen LogP contribution is 2.51. The van der Waals surface area contributed by atoms with Crippen molar-refractivity contribution in [2.24, 2.45) is 0 Å². The van der Waals surface area contributed by atoms with E-state index in [1.54, 1.807) is 0 Å². The summed E-state index contributed by atoms with van der Waals surface area (Å²) in [6.45, 7) is 4.72. The van der Waals surface area contributed by atoms with Crippen molar-refractivity contribution in [1.29, 1.82) is 0 Å². The van der Waals surface area contributed by atoms with Crippen molar-refractivity contribution in [3.8, 4) is 33.4 Å². The Morgan fingerprint density at radius 3 is 1.57 bits per heavy atom. The molecule has 0 radical (unpaired) electrons. The van der Waals surface area contributed by atoms with E-state index in [-0.39, 0.29) is 5.41 Å². The third kappa shape index (κ3) is 5.76. The van der Waals surface area contributed by atoms with Crippen molar-refractivity contribution in [3.05, 3.63) is 236 Å². The van der Waals surface area contributed by atoms with Crippen LogP contribution in [0.5, 0.6) is 0 Å². The number of rotatable bonds is 7. The molecular weight excluding hydrogens is 759 g/mol. The second-order valence-corrected chi connectivity index (χ2v) is 21.2. The molecule has 9 aromatic rings. The minimum Gasteiger partial charge on any atom is -0.310 e. The first-order valence-corrected chi connectivity index (χ1v) is 23.7. The summed E-state index contributed by atoms with van der Waals surface area (Å²) in [6.07, 6.45) is 0. The molecule has 1 aliphatic carbocycles. The van der Waals surface area contributed by atoms with Crippen molar-refractivity contribution in [3.63, 3.8) is 0 Å². The average molecular weight is 802 g/mol. The standard InChI is InChI=1S/C57H43NSSi/c1-57(2)51-25-13-12-23-49(51)50-38-37-45(39-52(50)57)58(43-33-29-41(30-34-43)40-17-6-3-7-18-40)44-35-31-42(32-36-44)48-24-16-28-55-56(48)59-53-26-14-15-27-54(53)60(55,46-19-8-4-9-20-46)47-21-10-5-11-22-47/h3-39H,1-2H3. The summed E-state index contributed by atoms with van der Waals surface area (Å²) in [4.78, 5) is 5.13. The minimum absolute atomic E-state index is 0.102. The first-order chi connectivity index (χ1) is 29.5. The Kier molecular flexibility index (Phi) is 8.84. The van der Waals surface area contributed by atoms with Gasteiger partial charge in [-0.15, -0.1) is 0 Å². The van der Waals surface area contributed by atoms with Crippen LogP contribution in [-0.2, 0) is 5.41 Å². The lowest BCUT2D eigenvalue weighted by Gasteiger charge is -2.40. The number of hydrogen-bond donors (Lipinski definition) is 0. The molecule has 9 aromatic carbocycles. The van der Waals surface area contributed by atoms with Crippen LogP contribution in [0, 0.1) is 0 Å². The van der Waals surface area contributed by atoms with E-state index in [0.717, 1.165) is 17.1 Å². The molecule has 0 fully saturated rings. The van der Waals surface area contributed by atoms with Crippen LogP contribution in [0.3, 0.4) is 0 Å². The van der Waals surface area contributed by atoms with Crippen LogP contribution in [0.4, 0.5) is 17.1 Å². The molecule has 0 saturated carbocycles. The summed E-state index contributed by atoms with van der Waals surface area (Å²) in [6, 6.07) is 83.6. The van der Waals surface area contributed by atoms with Crippen LogP contribution >= 0.6 is 11.8 Å². The van der Waals surface area contributed by atoms with E-state index in [9.17, 15) is 0 Å². The van der Waals surface area contributed by atoms with E-state index >= 15 is 0 Å². The van der Waals surface area contributed by atoms with E-state index < -0.39 is 8.07 Å². The third-order valence-electron chi connectivity index (χ3n) is 12.8. The molecule has 0 N–H and O–H groups in total. The lowest BCUT2D eigenvalue weighted by molar-refractivity contribution is 0.660. The summed E-state index contributed by atoms with van der Waals surface area (Å²) in [5.74, 6) is 0. The Morgan fingerprint density at radius 1 is 0.383 bits per heavy atom. The van der Waals surface area contributed by atoms with Gasteiger partial charge >= 0.3 is 0 Å². The molecule has 1 heterocycles. The predicted octanol–water partition coefficient (Wildman–Crippen LogP) is 12.6. The molecule has 0 atom stereocenters. The Labute approximate surface area is 358 Å².